The van der Waals surface area contributed by atoms with Crippen molar-refractivity contribution in [1.82, 2.24) is 5.32 Å². The van der Waals surface area contributed by atoms with E-state index >= 15 is 0 Å². The third-order valence-electron chi connectivity index (χ3n) is 2.71. The Morgan fingerprint density at radius 3 is 2.60 bits per heavy atom. The summed E-state index contributed by atoms with van der Waals surface area (Å²) >= 11 is 0. The molecule has 0 aliphatic heterocycles. The third kappa shape index (κ3) is 3.95. The van der Waals surface area contributed by atoms with Gasteiger partial charge in [0.25, 0.3) is 11.6 Å². The summed E-state index contributed by atoms with van der Waals surface area (Å²) in [7, 11) is 0. The summed E-state index contributed by atoms with van der Waals surface area (Å²) in [6.45, 7) is 1.83. The first-order valence-corrected chi connectivity index (χ1v) is 5.96. The van der Waals surface area contributed by atoms with Crippen LogP contribution in [0, 0.1) is 21.7 Å². The van der Waals surface area contributed by atoms with Gasteiger partial charge < -0.3 is 10.4 Å². The molecular formula is C12H14F2N2O4. The second-order valence-electron chi connectivity index (χ2n) is 4.15. The van der Waals surface area contributed by atoms with E-state index in [1.807, 2.05) is 0 Å². The molecular weight excluding hydrogens is 274 g/mol. The number of nitrogens with one attached hydrogen (secondary N) is 1. The molecule has 110 valence electrons. The van der Waals surface area contributed by atoms with Crippen LogP contribution in [0.15, 0.2) is 12.1 Å². The zero-order valence-corrected chi connectivity index (χ0v) is 10.7. The molecule has 0 aliphatic rings. The standard InChI is InChI=1S/C12H14F2N2O4/c1-2-7(17)3-4-15-12(18)8-5-9(13)10(14)6-11(8)16(19)20/h5-7,17H,2-4H2,1H3,(H,15,18). The van der Waals surface area contributed by atoms with Crippen molar-refractivity contribution in [1.29, 1.82) is 0 Å². The molecule has 0 aromatic heterocycles. The fourth-order valence-electron chi connectivity index (χ4n) is 1.52. The number of hydrogen-bond donors (Lipinski definition) is 2. The maximum Gasteiger partial charge on any atom is 0.285 e. The molecule has 0 saturated carbocycles. The fourth-order valence-corrected chi connectivity index (χ4v) is 1.52. The number of halogens is 2. The Kier molecular flexibility index (Phi) is 5.51. The van der Waals surface area contributed by atoms with Crippen molar-refractivity contribution in [2.45, 2.75) is 25.9 Å². The number of hydrogen-bond acceptors (Lipinski definition) is 4. The molecule has 0 radical (unpaired) electrons. The van der Waals surface area contributed by atoms with Crippen LogP contribution < -0.4 is 5.32 Å². The number of nitro benzene ring substituents is 1. The lowest BCUT2D eigenvalue weighted by molar-refractivity contribution is -0.385. The van der Waals surface area contributed by atoms with Gasteiger partial charge in [-0.2, -0.15) is 0 Å². The van der Waals surface area contributed by atoms with Crippen LogP contribution >= 0.6 is 0 Å². The van der Waals surface area contributed by atoms with Gasteiger partial charge in [0, 0.05) is 6.54 Å². The van der Waals surface area contributed by atoms with Gasteiger partial charge in [-0.3, -0.25) is 14.9 Å². The van der Waals surface area contributed by atoms with Crippen LogP contribution in [-0.2, 0) is 0 Å². The minimum absolute atomic E-state index is 0.0734. The molecule has 0 fully saturated rings. The molecule has 0 aliphatic carbocycles. The van der Waals surface area contributed by atoms with Gasteiger partial charge in [-0.15, -0.1) is 0 Å². The van der Waals surface area contributed by atoms with Crippen molar-refractivity contribution in [3.63, 3.8) is 0 Å². The molecule has 0 saturated heterocycles. The summed E-state index contributed by atoms with van der Waals surface area (Å²) in [6.07, 6.45) is 0.163. The number of amides is 1. The summed E-state index contributed by atoms with van der Waals surface area (Å²) in [5.74, 6) is -3.62. The highest BCUT2D eigenvalue weighted by Gasteiger charge is 2.23. The van der Waals surface area contributed by atoms with Gasteiger partial charge in [0.1, 0.15) is 5.56 Å². The quantitative estimate of drug-likeness (QED) is 0.616. The van der Waals surface area contributed by atoms with Crippen LogP contribution in [0.3, 0.4) is 0 Å². The predicted octanol–water partition coefficient (Wildman–Crippen LogP) is 1.76. The molecule has 1 aromatic rings. The van der Waals surface area contributed by atoms with Gasteiger partial charge in [0.05, 0.1) is 17.1 Å². The van der Waals surface area contributed by atoms with E-state index in [-0.39, 0.29) is 13.0 Å². The Morgan fingerprint density at radius 2 is 2.05 bits per heavy atom. The molecule has 0 heterocycles. The first-order chi connectivity index (χ1) is 9.36. The first kappa shape index (κ1) is 16.0. The molecule has 1 amide bonds. The number of benzene rings is 1. The average Bonchev–Trinajstić information content (AvgIpc) is 2.40. The highest BCUT2D eigenvalue weighted by atomic mass is 19.2. The average molecular weight is 288 g/mol. The van der Waals surface area contributed by atoms with E-state index in [0.29, 0.717) is 18.6 Å². The Bertz CT molecular complexity index is 522. The smallest absolute Gasteiger partial charge is 0.285 e. The van der Waals surface area contributed by atoms with Crippen molar-refractivity contribution in [2.75, 3.05) is 6.54 Å². The van der Waals surface area contributed by atoms with Crippen LogP contribution in [0.1, 0.15) is 30.1 Å². The maximum atomic E-state index is 13.1. The highest BCUT2D eigenvalue weighted by molar-refractivity contribution is 5.98. The van der Waals surface area contributed by atoms with E-state index in [2.05, 4.69) is 5.32 Å². The van der Waals surface area contributed by atoms with Crippen LogP contribution in [0.2, 0.25) is 0 Å². The van der Waals surface area contributed by atoms with Crippen LogP contribution in [-0.4, -0.2) is 28.6 Å². The monoisotopic (exact) mass is 288 g/mol. The summed E-state index contributed by atoms with van der Waals surface area (Å²) in [6, 6.07) is 0.851. The first-order valence-electron chi connectivity index (χ1n) is 5.96. The van der Waals surface area contributed by atoms with E-state index in [9.17, 15) is 28.8 Å². The van der Waals surface area contributed by atoms with Crippen molar-refractivity contribution in [3.8, 4) is 0 Å². The van der Waals surface area contributed by atoms with E-state index in [4.69, 9.17) is 0 Å². The Labute approximate surface area is 113 Å². The molecule has 2 N–H and O–H groups in total. The SMILES string of the molecule is CCC(O)CCNC(=O)c1cc(F)c(F)cc1[N+](=O)[O-]. The van der Waals surface area contributed by atoms with E-state index in [1.54, 1.807) is 6.92 Å². The topological polar surface area (TPSA) is 92.5 Å². The molecule has 6 nitrogen and oxygen atoms in total. The number of rotatable bonds is 6. The van der Waals surface area contributed by atoms with Gasteiger partial charge in [-0.25, -0.2) is 8.78 Å². The molecule has 20 heavy (non-hydrogen) atoms. The molecule has 0 bridgehead atoms. The number of carbonyl (C=O) groups excluding carboxylic acids is 1. The Balaban J connectivity index is 2.86. The summed E-state index contributed by atoms with van der Waals surface area (Å²) in [5.41, 5.74) is -1.36. The number of aliphatic hydroxyl groups is 1. The second-order valence-corrected chi connectivity index (χ2v) is 4.15. The molecule has 0 spiro atoms. The van der Waals surface area contributed by atoms with E-state index in [0.717, 1.165) is 0 Å². The number of nitro groups is 1. The zero-order chi connectivity index (χ0) is 15.3. The molecule has 1 atom stereocenters. The minimum Gasteiger partial charge on any atom is -0.393 e. The summed E-state index contributed by atoms with van der Waals surface area (Å²) in [5, 5.41) is 22.3. The van der Waals surface area contributed by atoms with Gasteiger partial charge in [0.15, 0.2) is 11.6 Å². The van der Waals surface area contributed by atoms with Crippen molar-refractivity contribution < 1.29 is 23.6 Å². The second kappa shape index (κ2) is 6.90. The Morgan fingerprint density at radius 1 is 1.45 bits per heavy atom. The number of nitrogens with zero attached hydrogens (tertiary/aromatic N) is 1. The van der Waals surface area contributed by atoms with Crippen LogP contribution in [0.25, 0.3) is 0 Å². The Hall–Kier alpha value is -2.09. The van der Waals surface area contributed by atoms with Crippen LogP contribution in [0.4, 0.5) is 14.5 Å². The fraction of sp³-hybridized carbons (Fsp3) is 0.417. The van der Waals surface area contributed by atoms with Crippen molar-refractivity contribution in [2.24, 2.45) is 0 Å². The lowest BCUT2D eigenvalue weighted by Gasteiger charge is -2.09. The van der Waals surface area contributed by atoms with Gasteiger partial charge in [0.2, 0.25) is 0 Å². The molecule has 1 unspecified atom stereocenters. The van der Waals surface area contributed by atoms with Gasteiger partial charge in [-0.05, 0) is 18.9 Å². The van der Waals surface area contributed by atoms with Gasteiger partial charge >= 0.3 is 0 Å². The molecule has 1 aromatic carbocycles. The van der Waals surface area contributed by atoms with Gasteiger partial charge in [-0.1, -0.05) is 6.92 Å². The lowest BCUT2D eigenvalue weighted by atomic mass is 10.1. The molecule has 8 heteroatoms. The van der Waals surface area contributed by atoms with E-state index in [1.165, 1.54) is 0 Å². The summed E-state index contributed by atoms with van der Waals surface area (Å²) in [4.78, 5) is 21.5. The maximum absolute atomic E-state index is 13.1. The molecule has 1 rings (SSSR count). The van der Waals surface area contributed by atoms with Crippen molar-refractivity contribution in [3.05, 3.63) is 39.4 Å². The van der Waals surface area contributed by atoms with E-state index < -0.39 is 39.8 Å². The number of aliphatic hydroxyl groups excluding tert-OH is 1. The summed E-state index contributed by atoms with van der Waals surface area (Å²) < 4.78 is 26.0. The van der Waals surface area contributed by atoms with Crippen molar-refractivity contribution >= 4 is 11.6 Å². The lowest BCUT2D eigenvalue weighted by Crippen LogP contribution is -2.27. The largest absolute Gasteiger partial charge is 0.393 e. The van der Waals surface area contributed by atoms with Crippen LogP contribution in [0.5, 0.6) is 0 Å². The third-order valence-corrected chi connectivity index (χ3v) is 2.71. The number of carbonyl (C=O) groups is 1. The minimum atomic E-state index is -1.39. The normalized spacial score (nSPS) is 12.0. The predicted molar refractivity (Wildman–Crippen MR) is 66.3 cm³/mol. The highest BCUT2D eigenvalue weighted by Crippen LogP contribution is 2.22. The zero-order valence-electron chi connectivity index (χ0n) is 10.7.